The molecule has 0 amide bonds. The van der Waals surface area contributed by atoms with Crippen LogP contribution in [0.2, 0.25) is 0 Å². The SMILES string of the molecule is CCNCc1ccc(N2CC(C)CC(C)C2)c(C)c1. The van der Waals surface area contributed by atoms with Crippen molar-refractivity contribution >= 4 is 5.69 Å². The zero-order chi connectivity index (χ0) is 13.8. The van der Waals surface area contributed by atoms with Crippen LogP contribution in [0.4, 0.5) is 5.69 Å². The molecule has 0 radical (unpaired) electrons. The van der Waals surface area contributed by atoms with Gasteiger partial charge in [-0.05, 0) is 48.9 Å². The van der Waals surface area contributed by atoms with Gasteiger partial charge in [0.2, 0.25) is 0 Å². The van der Waals surface area contributed by atoms with Crippen LogP contribution < -0.4 is 10.2 Å². The van der Waals surface area contributed by atoms with Gasteiger partial charge in [0.15, 0.2) is 0 Å². The van der Waals surface area contributed by atoms with Crippen molar-refractivity contribution in [3.8, 4) is 0 Å². The van der Waals surface area contributed by atoms with E-state index in [0.717, 1.165) is 24.9 Å². The van der Waals surface area contributed by atoms with E-state index in [4.69, 9.17) is 0 Å². The van der Waals surface area contributed by atoms with Crippen LogP contribution in [0.1, 0.15) is 38.3 Å². The summed E-state index contributed by atoms with van der Waals surface area (Å²) >= 11 is 0. The van der Waals surface area contributed by atoms with Gasteiger partial charge in [-0.3, -0.25) is 0 Å². The Morgan fingerprint density at radius 3 is 2.47 bits per heavy atom. The van der Waals surface area contributed by atoms with E-state index < -0.39 is 0 Å². The largest absolute Gasteiger partial charge is 0.371 e. The number of piperidine rings is 1. The van der Waals surface area contributed by atoms with Crippen molar-refractivity contribution in [3.05, 3.63) is 29.3 Å². The van der Waals surface area contributed by atoms with E-state index in [1.807, 2.05) is 0 Å². The molecule has 1 saturated heterocycles. The summed E-state index contributed by atoms with van der Waals surface area (Å²) in [6, 6.07) is 6.92. The maximum Gasteiger partial charge on any atom is 0.0396 e. The van der Waals surface area contributed by atoms with Crippen LogP contribution in [0.5, 0.6) is 0 Å². The zero-order valence-corrected chi connectivity index (χ0v) is 12.9. The van der Waals surface area contributed by atoms with Gasteiger partial charge in [-0.1, -0.05) is 32.9 Å². The summed E-state index contributed by atoms with van der Waals surface area (Å²) in [7, 11) is 0. The lowest BCUT2D eigenvalue weighted by Gasteiger charge is -2.37. The highest BCUT2D eigenvalue weighted by molar-refractivity contribution is 5.55. The van der Waals surface area contributed by atoms with E-state index in [0.29, 0.717) is 0 Å². The summed E-state index contributed by atoms with van der Waals surface area (Å²) in [6.07, 6.45) is 1.37. The lowest BCUT2D eigenvalue weighted by atomic mass is 9.91. The molecule has 1 aliphatic rings. The first-order valence-corrected chi connectivity index (χ1v) is 7.65. The van der Waals surface area contributed by atoms with Gasteiger partial charge >= 0.3 is 0 Å². The average Bonchev–Trinajstić information content (AvgIpc) is 2.35. The molecule has 2 atom stereocenters. The zero-order valence-electron chi connectivity index (χ0n) is 12.9. The standard InChI is InChI=1S/C17H28N2/c1-5-18-10-16-6-7-17(15(4)9-16)19-11-13(2)8-14(3)12-19/h6-7,9,13-14,18H,5,8,10-12H2,1-4H3. The van der Waals surface area contributed by atoms with Crippen molar-refractivity contribution in [2.75, 3.05) is 24.5 Å². The molecule has 19 heavy (non-hydrogen) atoms. The molecule has 106 valence electrons. The van der Waals surface area contributed by atoms with Crippen LogP contribution in [-0.2, 0) is 6.54 Å². The fourth-order valence-electron chi connectivity index (χ4n) is 3.31. The molecule has 2 rings (SSSR count). The summed E-state index contributed by atoms with van der Waals surface area (Å²) in [5.74, 6) is 1.62. The van der Waals surface area contributed by atoms with Crippen LogP contribution in [0.3, 0.4) is 0 Å². The van der Waals surface area contributed by atoms with Gasteiger partial charge in [0.25, 0.3) is 0 Å². The molecule has 1 aromatic rings. The number of anilines is 1. The Bertz CT molecular complexity index is 404. The monoisotopic (exact) mass is 260 g/mol. The predicted molar refractivity (Wildman–Crippen MR) is 83.7 cm³/mol. The predicted octanol–water partition coefficient (Wildman–Crippen LogP) is 3.59. The minimum absolute atomic E-state index is 0.810. The third-order valence-corrected chi connectivity index (χ3v) is 4.05. The summed E-state index contributed by atoms with van der Waals surface area (Å²) < 4.78 is 0. The topological polar surface area (TPSA) is 15.3 Å². The molecule has 1 N–H and O–H groups in total. The first-order chi connectivity index (χ1) is 9.10. The van der Waals surface area contributed by atoms with Crippen molar-refractivity contribution in [2.45, 2.75) is 40.7 Å². The van der Waals surface area contributed by atoms with E-state index >= 15 is 0 Å². The Morgan fingerprint density at radius 1 is 1.21 bits per heavy atom. The lowest BCUT2D eigenvalue weighted by molar-refractivity contribution is 0.356. The van der Waals surface area contributed by atoms with Crippen molar-refractivity contribution in [2.24, 2.45) is 11.8 Å². The first-order valence-electron chi connectivity index (χ1n) is 7.65. The van der Waals surface area contributed by atoms with Crippen molar-refractivity contribution in [1.29, 1.82) is 0 Å². The molecule has 2 nitrogen and oxygen atoms in total. The molecular formula is C17H28N2. The number of hydrogen-bond acceptors (Lipinski definition) is 2. The molecule has 0 aromatic heterocycles. The maximum atomic E-state index is 3.39. The second-order valence-corrected chi connectivity index (χ2v) is 6.25. The van der Waals surface area contributed by atoms with Gasteiger partial charge in [-0.2, -0.15) is 0 Å². The van der Waals surface area contributed by atoms with Gasteiger partial charge in [0.1, 0.15) is 0 Å². The minimum atomic E-state index is 0.810. The van der Waals surface area contributed by atoms with E-state index in [1.54, 1.807) is 0 Å². The van der Waals surface area contributed by atoms with E-state index in [2.05, 4.69) is 56.1 Å². The van der Waals surface area contributed by atoms with E-state index in [9.17, 15) is 0 Å². The molecule has 1 heterocycles. The fourth-order valence-corrected chi connectivity index (χ4v) is 3.31. The molecule has 0 aliphatic carbocycles. The second-order valence-electron chi connectivity index (χ2n) is 6.25. The van der Waals surface area contributed by atoms with E-state index in [1.165, 1.54) is 36.3 Å². The maximum absolute atomic E-state index is 3.39. The summed E-state index contributed by atoms with van der Waals surface area (Å²) in [6.45, 7) is 13.6. The number of hydrogen-bond donors (Lipinski definition) is 1. The summed E-state index contributed by atoms with van der Waals surface area (Å²) in [5.41, 5.74) is 4.23. The summed E-state index contributed by atoms with van der Waals surface area (Å²) in [5, 5.41) is 3.39. The Kier molecular flexibility index (Phi) is 4.87. The highest BCUT2D eigenvalue weighted by atomic mass is 15.1. The van der Waals surface area contributed by atoms with Crippen LogP contribution in [0, 0.1) is 18.8 Å². The number of aryl methyl sites for hydroxylation is 1. The molecule has 2 heteroatoms. The highest BCUT2D eigenvalue weighted by Crippen LogP contribution is 2.29. The smallest absolute Gasteiger partial charge is 0.0396 e. The van der Waals surface area contributed by atoms with Crippen LogP contribution in [-0.4, -0.2) is 19.6 Å². The number of rotatable bonds is 4. The van der Waals surface area contributed by atoms with Crippen molar-refractivity contribution in [3.63, 3.8) is 0 Å². The van der Waals surface area contributed by atoms with Crippen molar-refractivity contribution < 1.29 is 0 Å². The molecule has 1 aromatic carbocycles. The minimum Gasteiger partial charge on any atom is -0.371 e. The van der Waals surface area contributed by atoms with Gasteiger partial charge in [0, 0.05) is 25.3 Å². The molecule has 1 fully saturated rings. The third-order valence-electron chi connectivity index (χ3n) is 4.05. The second kappa shape index (κ2) is 6.42. The molecule has 0 bridgehead atoms. The molecule has 1 aliphatic heterocycles. The first kappa shape index (κ1) is 14.4. The highest BCUT2D eigenvalue weighted by Gasteiger charge is 2.22. The molecule has 0 saturated carbocycles. The molecular weight excluding hydrogens is 232 g/mol. The fraction of sp³-hybridized carbons (Fsp3) is 0.647. The van der Waals surface area contributed by atoms with Gasteiger partial charge in [-0.15, -0.1) is 0 Å². The number of nitrogens with one attached hydrogen (secondary N) is 1. The summed E-state index contributed by atoms with van der Waals surface area (Å²) in [4.78, 5) is 2.57. The Labute approximate surface area is 118 Å². The number of nitrogens with zero attached hydrogens (tertiary/aromatic N) is 1. The molecule has 0 spiro atoms. The van der Waals surface area contributed by atoms with Gasteiger partial charge in [-0.25, -0.2) is 0 Å². The normalized spacial score (nSPS) is 23.7. The molecule has 2 unspecified atom stereocenters. The van der Waals surface area contributed by atoms with Gasteiger partial charge in [0.05, 0.1) is 0 Å². The Hall–Kier alpha value is -1.02. The van der Waals surface area contributed by atoms with Crippen LogP contribution in [0.25, 0.3) is 0 Å². The van der Waals surface area contributed by atoms with Gasteiger partial charge < -0.3 is 10.2 Å². The number of benzene rings is 1. The van der Waals surface area contributed by atoms with Crippen LogP contribution >= 0.6 is 0 Å². The lowest BCUT2D eigenvalue weighted by Crippen LogP contribution is -2.39. The quantitative estimate of drug-likeness (QED) is 0.890. The average molecular weight is 260 g/mol. The Morgan fingerprint density at radius 2 is 1.89 bits per heavy atom. The third kappa shape index (κ3) is 3.73. The Balaban J connectivity index is 2.11. The van der Waals surface area contributed by atoms with Crippen LogP contribution in [0.15, 0.2) is 18.2 Å². The van der Waals surface area contributed by atoms with E-state index in [-0.39, 0.29) is 0 Å². The van der Waals surface area contributed by atoms with Crippen molar-refractivity contribution in [1.82, 2.24) is 5.32 Å².